The molecule has 1 aromatic carbocycles. The summed E-state index contributed by atoms with van der Waals surface area (Å²) in [5, 5.41) is 12.0. The van der Waals surface area contributed by atoms with Crippen LogP contribution in [0, 0.1) is 0 Å². The van der Waals surface area contributed by atoms with Crippen molar-refractivity contribution in [1.82, 2.24) is 4.90 Å². The van der Waals surface area contributed by atoms with Gasteiger partial charge < -0.3 is 20.2 Å². The van der Waals surface area contributed by atoms with Gasteiger partial charge in [-0.15, -0.1) is 0 Å². The smallest absolute Gasteiger partial charge is 0.321 e. The maximum absolute atomic E-state index is 11.7. The fourth-order valence-electron chi connectivity index (χ4n) is 1.42. The highest BCUT2D eigenvalue weighted by Crippen LogP contribution is 2.27. The van der Waals surface area contributed by atoms with Crippen LogP contribution in [0.4, 0.5) is 16.2 Å². The van der Waals surface area contributed by atoms with E-state index in [1.807, 2.05) is 25.1 Å². The van der Waals surface area contributed by atoms with E-state index in [9.17, 15) is 4.79 Å². The summed E-state index contributed by atoms with van der Waals surface area (Å²) in [6.07, 6.45) is 0. The summed E-state index contributed by atoms with van der Waals surface area (Å²) in [5.41, 5.74) is 1.51. The molecule has 0 aromatic heterocycles. The first-order valence-electron chi connectivity index (χ1n) is 5.55. The van der Waals surface area contributed by atoms with Gasteiger partial charge in [-0.2, -0.15) is 0 Å². The Morgan fingerprint density at radius 1 is 1.39 bits per heavy atom. The van der Waals surface area contributed by atoms with Crippen LogP contribution in [0.2, 0.25) is 5.02 Å². The molecule has 0 saturated carbocycles. The van der Waals surface area contributed by atoms with Crippen LogP contribution in [-0.4, -0.2) is 50.3 Å². The number of nitrogens with one attached hydrogen (secondary N) is 1. The Morgan fingerprint density at radius 3 is 2.56 bits per heavy atom. The number of hydrogen-bond acceptors (Lipinski definition) is 3. The minimum absolute atomic E-state index is 0.0652. The minimum Gasteiger partial charge on any atom is -0.395 e. The molecule has 100 valence electrons. The SMILES string of the molecule is CN(CCO)C(=O)Nc1ccc(N(C)C)c(Cl)c1. The summed E-state index contributed by atoms with van der Waals surface area (Å²) in [6.45, 7) is 0.222. The van der Waals surface area contributed by atoms with E-state index < -0.39 is 0 Å². The molecule has 0 unspecified atom stereocenters. The highest BCUT2D eigenvalue weighted by molar-refractivity contribution is 6.33. The van der Waals surface area contributed by atoms with E-state index in [0.717, 1.165) is 5.69 Å². The number of hydrogen-bond donors (Lipinski definition) is 2. The molecule has 1 aromatic rings. The highest BCUT2D eigenvalue weighted by Gasteiger charge is 2.09. The van der Waals surface area contributed by atoms with Gasteiger partial charge in [-0.05, 0) is 18.2 Å². The van der Waals surface area contributed by atoms with Gasteiger partial charge in [0.15, 0.2) is 0 Å². The second-order valence-corrected chi connectivity index (χ2v) is 4.54. The minimum atomic E-state index is -0.280. The van der Waals surface area contributed by atoms with Gasteiger partial charge in [-0.1, -0.05) is 11.6 Å². The molecule has 0 heterocycles. The van der Waals surface area contributed by atoms with Crippen LogP contribution in [0.5, 0.6) is 0 Å². The fraction of sp³-hybridized carbons (Fsp3) is 0.417. The molecule has 18 heavy (non-hydrogen) atoms. The molecule has 6 heteroatoms. The summed E-state index contributed by atoms with van der Waals surface area (Å²) in [5.74, 6) is 0. The summed E-state index contributed by atoms with van der Waals surface area (Å²) < 4.78 is 0. The van der Waals surface area contributed by atoms with Gasteiger partial charge in [0.2, 0.25) is 0 Å². The maximum Gasteiger partial charge on any atom is 0.321 e. The van der Waals surface area contributed by atoms with E-state index >= 15 is 0 Å². The lowest BCUT2D eigenvalue weighted by Crippen LogP contribution is -2.33. The van der Waals surface area contributed by atoms with Crippen molar-refractivity contribution < 1.29 is 9.90 Å². The first-order chi connectivity index (χ1) is 8.45. The van der Waals surface area contributed by atoms with Crippen molar-refractivity contribution in [3.8, 4) is 0 Å². The number of aliphatic hydroxyl groups is 1. The molecule has 0 spiro atoms. The van der Waals surface area contributed by atoms with Crippen LogP contribution in [-0.2, 0) is 0 Å². The van der Waals surface area contributed by atoms with Crippen LogP contribution in [0.25, 0.3) is 0 Å². The van der Waals surface area contributed by atoms with Gasteiger partial charge in [0.25, 0.3) is 0 Å². The predicted molar refractivity (Wildman–Crippen MR) is 74.5 cm³/mol. The summed E-state index contributed by atoms with van der Waals surface area (Å²) in [6, 6.07) is 5.04. The van der Waals surface area contributed by atoms with Gasteiger partial charge in [0.1, 0.15) is 0 Å². The summed E-state index contributed by atoms with van der Waals surface area (Å²) in [7, 11) is 5.41. The number of benzene rings is 1. The Kier molecular flexibility index (Phi) is 5.25. The van der Waals surface area contributed by atoms with E-state index in [2.05, 4.69) is 5.32 Å². The molecule has 0 aliphatic carbocycles. The summed E-state index contributed by atoms with van der Waals surface area (Å²) in [4.78, 5) is 15.0. The molecule has 0 radical (unpaired) electrons. The van der Waals surface area contributed by atoms with E-state index in [0.29, 0.717) is 10.7 Å². The number of carbonyl (C=O) groups excluding carboxylic acids is 1. The summed E-state index contributed by atoms with van der Waals surface area (Å²) >= 11 is 6.10. The van der Waals surface area contributed by atoms with Crippen molar-refractivity contribution in [2.75, 3.05) is 44.5 Å². The van der Waals surface area contributed by atoms with Crippen LogP contribution in [0.15, 0.2) is 18.2 Å². The van der Waals surface area contributed by atoms with E-state index in [1.165, 1.54) is 4.90 Å². The molecule has 1 rings (SSSR count). The van der Waals surface area contributed by atoms with Crippen LogP contribution >= 0.6 is 11.6 Å². The number of anilines is 2. The van der Waals surface area contributed by atoms with Crippen LogP contribution < -0.4 is 10.2 Å². The van der Waals surface area contributed by atoms with Crippen molar-refractivity contribution in [3.63, 3.8) is 0 Å². The standard InChI is InChI=1S/C12H18ClN3O2/c1-15(2)11-5-4-9(8-10(11)13)14-12(18)16(3)6-7-17/h4-5,8,17H,6-7H2,1-3H3,(H,14,18). The normalized spacial score (nSPS) is 10.1. The Labute approximate surface area is 112 Å². The van der Waals surface area contributed by atoms with Crippen molar-refractivity contribution in [1.29, 1.82) is 0 Å². The zero-order chi connectivity index (χ0) is 13.7. The molecular formula is C12H18ClN3O2. The third kappa shape index (κ3) is 3.78. The van der Waals surface area contributed by atoms with Crippen molar-refractivity contribution >= 4 is 29.0 Å². The Balaban J connectivity index is 2.74. The van der Waals surface area contributed by atoms with Gasteiger partial charge in [0.05, 0.1) is 17.3 Å². The molecule has 0 aliphatic rings. The monoisotopic (exact) mass is 271 g/mol. The Bertz CT molecular complexity index is 424. The number of urea groups is 1. The average Bonchev–Trinajstić information content (AvgIpc) is 2.28. The van der Waals surface area contributed by atoms with E-state index in [4.69, 9.17) is 16.7 Å². The third-order valence-electron chi connectivity index (χ3n) is 2.46. The second kappa shape index (κ2) is 6.47. The molecule has 5 nitrogen and oxygen atoms in total. The number of rotatable bonds is 4. The molecule has 0 bridgehead atoms. The Hall–Kier alpha value is -1.46. The van der Waals surface area contributed by atoms with Gasteiger partial charge >= 0.3 is 6.03 Å². The van der Waals surface area contributed by atoms with Crippen LogP contribution in [0.3, 0.4) is 0 Å². The molecule has 0 fully saturated rings. The van der Waals surface area contributed by atoms with Gasteiger partial charge in [-0.3, -0.25) is 0 Å². The van der Waals surface area contributed by atoms with Gasteiger partial charge in [-0.25, -0.2) is 4.79 Å². The molecule has 0 saturated heterocycles. The van der Waals surface area contributed by atoms with Crippen molar-refractivity contribution in [2.24, 2.45) is 0 Å². The zero-order valence-corrected chi connectivity index (χ0v) is 11.5. The van der Waals surface area contributed by atoms with E-state index in [1.54, 1.807) is 19.2 Å². The maximum atomic E-state index is 11.7. The lowest BCUT2D eigenvalue weighted by molar-refractivity contribution is 0.202. The average molecular weight is 272 g/mol. The zero-order valence-electron chi connectivity index (χ0n) is 10.8. The number of amides is 2. The molecular weight excluding hydrogens is 254 g/mol. The number of aliphatic hydroxyl groups excluding tert-OH is 1. The topological polar surface area (TPSA) is 55.8 Å². The lowest BCUT2D eigenvalue weighted by atomic mass is 10.2. The Morgan fingerprint density at radius 2 is 2.06 bits per heavy atom. The molecule has 0 atom stereocenters. The van der Waals surface area contributed by atoms with Gasteiger partial charge in [0, 0.05) is 33.4 Å². The number of carbonyl (C=O) groups is 1. The van der Waals surface area contributed by atoms with Crippen molar-refractivity contribution in [3.05, 3.63) is 23.2 Å². The second-order valence-electron chi connectivity index (χ2n) is 4.14. The number of nitrogens with zero attached hydrogens (tertiary/aromatic N) is 2. The van der Waals surface area contributed by atoms with Crippen molar-refractivity contribution in [2.45, 2.75) is 0 Å². The number of likely N-dealkylation sites (N-methyl/N-ethyl adjacent to an activating group) is 1. The van der Waals surface area contributed by atoms with E-state index in [-0.39, 0.29) is 19.2 Å². The third-order valence-corrected chi connectivity index (χ3v) is 2.77. The highest BCUT2D eigenvalue weighted by atomic mass is 35.5. The first-order valence-corrected chi connectivity index (χ1v) is 5.93. The fourth-order valence-corrected chi connectivity index (χ4v) is 1.77. The lowest BCUT2D eigenvalue weighted by Gasteiger charge is -2.18. The first kappa shape index (κ1) is 14.6. The molecule has 0 aliphatic heterocycles. The van der Waals surface area contributed by atoms with Crippen LogP contribution in [0.1, 0.15) is 0 Å². The largest absolute Gasteiger partial charge is 0.395 e. The predicted octanol–water partition coefficient (Wildman–Crippen LogP) is 1.86. The molecule has 2 N–H and O–H groups in total. The quantitative estimate of drug-likeness (QED) is 0.879. The number of halogens is 1. The molecule has 2 amide bonds.